The molecule has 6 heteroatoms. The molecule has 0 saturated heterocycles. The molecule has 2 N–H and O–H groups in total. The molecule has 2 aromatic rings. The minimum Gasteiger partial charge on any atom is -0.481 e. The van der Waals surface area contributed by atoms with Gasteiger partial charge in [0.2, 0.25) is 0 Å². The third-order valence-electron chi connectivity index (χ3n) is 4.23. The average Bonchev–Trinajstić information content (AvgIpc) is 2.71. The lowest BCUT2D eigenvalue weighted by Crippen LogP contribution is -2.32. The normalized spacial score (nSPS) is 10.3. The van der Waals surface area contributed by atoms with E-state index in [0.29, 0.717) is 37.2 Å². The molecule has 0 unspecified atom stereocenters. The quantitative estimate of drug-likeness (QED) is 0.660. The number of nitrogens with zero attached hydrogens (tertiary/aromatic N) is 1. The highest BCUT2D eigenvalue weighted by Crippen LogP contribution is 2.13. The number of amides is 2. The zero-order chi connectivity index (χ0) is 20.4. The number of benzene rings is 2. The fraction of sp³-hybridized carbons (Fsp3) is 0.318. The number of hydrogen-bond donors (Lipinski definition) is 2. The molecule has 0 spiro atoms. The summed E-state index contributed by atoms with van der Waals surface area (Å²) in [6.45, 7) is 3.25. The maximum absolute atomic E-state index is 13.1. The molecule has 0 atom stereocenters. The van der Waals surface area contributed by atoms with Crippen LogP contribution < -0.4 is 5.32 Å². The molecule has 0 aliphatic heterocycles. The van der Waals surface area contributed by atoms with Crippen molar-refractivity contribution >= 4 is 17.8 Å². The second-order valence-corrected chi connectivity index (χ2v) is 6.55. The Hall–Kier alpha value is -3.15. The monoisotopic (exact) mass is 382 g/mol. The van der Waals surface area contributed by atoms with Crippen molar-refractivity contribution in [2.75, 3.05) is 13.1 Å². The van der Waals surface area contributed by atoms with Crippen LogP contribution in [0, 0.1) is 0 Å². The summed E-state index contributed by atoms with van der Waals surface area (Å²) in [5.74, 6) is -1.32. The summed E-state index contributed by atoms with van der Waals surface area (Å²) in [5, 5.41) is 11.7. The Balaban J connectivity index is 2.18. The van der Waals surface area contributed by atoms with Gasteiger partial charge in [0.15, 0.2) is 0 Å². The van der Waals surface area contributed by atoms with Crippen LogP contribution in [-0.2, 0) is 11.3 Å². The Labute approximate surface area is 165 Å². The van der Waals surface area contributed by atoms with E-state index in [1.165, 1.54) is 0 Å². The molecular formula is C22H26N2O4. The van der Waals surface area contributed by atoms with Crippen molar-refractivity contribution in [2.24, 2.45) is 0 Å². The van der Waals surface area contributed by atoms with Gasteiger partial charge in [-0.05, 0) is 36.6 Å². The van der Waals surface area contributed by atoms with Gasteiger partial charge in [-0.2, -0.15) is 0 Å². The lowest BCUT2D eigenvalue weighted by molar-refractivity contribution is -0.137. The lowest BCUT2D eigenvalue weighted by Gasteiger charge is -2.23. The number of carboxylic acid groups (broad SMARTS) is 1. The van der Waals surface area contributed by atoms with Gasteiger partial charge in [0.05, 0.1) is 0 Å². The molecule has 2 amide bonds. The fourth-order valence-electron chi connectivity index (χ4n) is 2.79. The first-order valence-electron chi connectivity index (χ1n) is 9.44. The highest BCUT2D eigenvalue weighted by atomic mass is 16.4. The molecule has 0 bridgehead atoms. The van der Waals surface area contributed by atoms with Crippen LogP contribution in [0.15, 0.2) is 54.6 Å². The van der Waals surface area contributed by atoms with Gasteiger partial charge in [0, 0.05) is 37.2 Å². The van der Waals surface area contributed by atoms with Crippen molar-refractivity contribution < 1.29 is 19.5 Å². The van der Waals surface area contributed by atoms with E-state index in [2.05, 4.69) is 5.32 Å². The third-order valence-corrected chi connectivity index (χ3v) is 4.23. The molecule has 0 heterocycles. The van der Waals surface area contributed by atoms with Crippen LogP contribution in [-0.4, -0.2) is 40.9 Å². The average molecular weight is 382 g/mol. The summed E-state index contributed by atoms with van der Waals surface area (Å²) >= 11 is 0. The summed E-state index contributed by atoms with van der Waals surface area (Å²) in [4.78, 5) is 37.7. The van der Waals surface area contributed by atoms with Gasteiger partial charge >= 0.3 is 5.97 Å². The largest absolute Gasteiger partial charge is 0.481 e. The second kappa shape index (κ2) is 10.9. The van der Waals surface area contributed by atoms with Crippen molar-refractivity contribution in [1.29, 1.82) is 0 Å². The molecular weight excluding hydrogens is 356 g/mol. The zero-order valence-electron chi connectivity index (χ0n) is 16.1. The van der Waals surface area contributed by atoms with Gasteiger partial charge in [-0.15, -0.1) is 0 Å². The summed E-state index contributed by atoms with van der Waals surface area (Å²) < 4.78 is 0. The Kier molecular flexibility index (Phi) is 8.21. The van der Waals surface area contributed by atoms with Crippen LogP contribution in [0.4, 0.5) is 0 Å². The van der Waals surface area contributed by atoms with Gasteiger partial charge in [0.25, 0.3) is 11.8 Å². The molecule has 2 aromatic carbocycles. The Morgan fingerprint density at radius 3 is 2.39 bits per heavy atom. The maximum atomic E-state index is 13.1. The van der Waals surface area contributed by atoms with E-state index in [1.807, 2.05) is 37.3 Å². The Morgan fingerprint density at radius 2 is 1.71 bits per heavy atom. The van der Waals surface area contributed by atoms with Crippen molar-refractivity contribution in [3.63, 3.8) is 0 Å². The van der Waals surface area contributed by atoms with E-state index in [0.717, 1.165) is 12.0 Å². The summed E-state index contributed by atoms with van der Waals surface area (Å²) in [5.41, 5.74) is 1.81. The number of rotatable bonds is 10. The second-order valence-electron chi connectivity index (χ2n) is 6.55. The zero-order valence-corrected chi connectivity index (χ0v) is 16.1. The molecule has 0 aliphatic rings. The molecule has 0 aromatic heterocycles. The predicted octanol–water partition coefficient (Wildman–Crippen LogP) is 3.33. The van der Waals surface area contributed by atoms with Gasteiger partial charge in [-0.25, -0.2) is 0 Å². The van der Waals surface area contributed by atoms with Crippen molar-refractivity contribution in [3.05, 3.63) is 71.3 Å². The third kappa shape index (κ3) is 6.54. The van der Waals surface area contributed by atoms with Crippen molar-refractivity contribution in [3.8, 4) is 0 Å². The van der Waals surface area contributed by atoms with Crippen molar-refractivity contribution in [1.82, 2.24) is 10.2 Å². The maximum Gasteiger partial charge on any atom is 0.303 e. The summed E-state index contributed by atoms with van der Waals surface area (Å²) in [7, 11) is 0. The van der Waals surface area contributed by atoms with Gasteiger partial charge in [0.1, 0.15) is 0 Å². The Bertz CT molecular complexity index is 805. The number of carboxylic acids is 1. The van der Waals surface area contributed by atoms with E-state index in [4.69, 9.17) is 5.11 Å². The van der Waals surface area contributed by atoms with Crippen LogP contribution in [0.5, 0.6) is 0 Å². The van der Waals surface area contributed by atoms with Gasteiger partial charge in [-0.3, -0.25) is 14.4 Å². The van der Waals surface area contributed by atoms with Crippen LogP contribution in [0.2, 0.25) is 0 Å². The standard InChI is InChI=1S/C22H26N2O4/c1-2-13-23-21(27)18-10-6-11-19(15-18)22(28)24(14-7-12-20(25)26)16-17-8-4-3-5-9-17/h3-6,8-11,15H,2,7,12-14,16H2,1H3,(H,23,27)(H,25,26). The van der Waals surface area contributed by atoms with Crippen LogP contribution >= 0.6 is 0 Å². The molecule has 148 valence electrons. The highest BCUT2D eigenvalue weighted by Gasteiger charge is 2.18. The molecule has 0 fully saturated rings. The molecule has 6 nitrogen and oxygen atoms in total. The van der Waals surface area contributed by atoms with E-state index < -0.39 is 5.97 Å². The van der Waals surface area contributed by atoms with E-state index in [1.54, 1.807) is 29.2 Å². The van der Waals surface area contributed by atoms with E-state index >= 15 is 0 Å². The first kappa shape index (κ1) is 21.2. The summed E-state index contributed by atoms with van der Waals surface area (Å²) in [6, 6.07) is 16.2. The van der Waals surface area contributed by atoms with E-state index in [-0.39, 0.29) is 18.2 Å². The van der Waals surface area contributed by atoms with Crippen LogP contribution in [0.1, 0.15) is 52.5 Å². The minimum atomic E-state index is -0.887. The number of hydrogen-bond acceptors (Lipinski definition) is 3. The topological polar surface area (TPSA) is 86.7 Å². The van der Waals surface area contributed by atoms with E-state index in [9.17, 15) is 14.4 Å². The number of aliphatic carboxylic acids is 1. The molecule has 28 heavy (non-hydrogen) atoms. The van der Waals surface area contributed by atoms with Crippen LogP contribution in [0.25, 0.3) is 0 Å². The lowest BCUT2D eigenvalue weighted by atomic mass is 10.1. The van der Waals surface area contributed by atoms with Crippen LogP contribution in [0.3, 0.4) is 0 Å². The Morgan fingerprint density at radius 1 is 1.00 bits per heavy atom. The number of nitrogens with one attached hydrogen (secondary N) is 1. The fourth-order valence-corrected chi connectivity index (χ4v) is 2.79. The smallest absolute Gasteiger partial charge is 0.303 e. The van der Waals surface area contributed by atoms with Gasteiger partial charge in [-0.1, -0.05) is 43.3 Å². The van der Waals surface area contributed by atoms with Gasteiger partial charge < -0.3 is 15.3 Å². The highest BCUT2D eigenvalue weighted by molar-refractivity contribution is 5.99. The molecule has 2 rings (SSSR count). The van der Waals surface area contributed by atoms with Crippen molar-refractivity contribution in [2.45, 2.75) is 32.7 Å². The number of carbonyl (C=O) groups excluding carboxylic acids is 2. The first-order valence-corrected chi connectivity index (χ1v) is 9.44. The molecule has 0 radical (unpaired) electrons. The molecule has 0 saturated carbocycles. The number of carbonyl (C=O) groups is 3. The molecule has 0 aliphatic carbocycles. The SMILES string of the molecule is CCCNC(=O)c1cccc(C(=O)N(CCCC(=O)O)Cc2ccccc2)c1. The minimum absolute atomic E-state index is 0.00195. The predicted molar refractivity (Wildman–Crippen MR) is 107 cm³/mol. The first-order chi connectivity index (χ1) is 13.5. The summed E-state index contributed by atoms with van der Waals surface area (Å²) in [6.07, 6.45) is 1.20.